The topological polar surface area (TPSA) is 76.5 Å². The fourth-order valence-electron chi connectivity index (χ4n) is 2.65. The highest BCUT2D eigenvalue weighted by atomic mass is 79.9. The third-order valence-corrected chi connectivity index (χ3v) is 5.12. The average Bonchev–Trinajstić information content (AvgIpc) is 3.15. The molecule has 1 aliphatic rings. The molecule has 0 saturated heterocycles. The van der Waals surface area contributed by atoms with Crippen LogP contribution in [0.3, 0.4) is 0 Å². The van der Waals surface area contributed by atoms with Crippen LogP contribution >= 0.6 is 27.3 Å². The van der Waals surface area contributed by atoms with Crippen molar-refractivity contribution in [2.75, 3.05) is 11.9 Å². The first-order valence-corrected chi connectivity index (χ1v) is 9.89. The second-order valence-corrected chi connectivity index (χ2v) is 6.85. The molecule has 0 radical (unpaired) electrons. The van der Waals surface area contributed by atoms with Gasteiger partial charge in [-0.15, -0.1) is 11.3 Å². The van der Waals surface area contributed by atoms with E-state index in [-0.39, 0.29) is 6.61 Å². The smallest absolute Gasteiger partial charge is 0.338 e. The number of aromatic nitrogens is 2. The van der Waals surface area contributed by atoms with Crippen LogP contribution in [0.15, 0.2) is 40.0 Å². The fourth-order valence-corrected chi connectivity index (χ4v) is 3.68. The number of pyridine rings is 1. The Morgan fingerprint density at radius 3 is 2.88 bits per heavy atom. The summed E-state index contributed by atoms with van der Waals surface area (Å²) in [5.41, 5.74) is 2.12. The number of halogens is 2. The number of ether oxygens (including phenoxy) is 1. The summed E-state index contributed by atoms with van der Waals surface area (Å²) >= 11 is 4.85. The van der Waals surface area contributed by atoms with Crippen LogP contribution < -0.4 is 5.32 Å². The minimum Gasteiger partial charge on any atom is -0.463 e. The van der Waals surface area contributed by atoms with Crippen LogP contribution in [0.4, 0.5) is 4.39 Å². The molecule has 1 atom stereocenters. The van der Waals surface area contributed by atoms with E-state index in [1.54, 1.807) is 26.1 Å². The van der Waals surface area contributed by atoms with E-state index in [0.29, 0.717) is 38.7 Å². The molecule has 0 bridgehead atoms. The van der Waals surface area contributed by atoms with Crippen LogP contribution in [0.25, 0.3) is 0 Å². The van der Waals surface area contributed by atoms with E-state index >= 15 is 0 Å². The largest absolute Gasteiger partial charge is 0.463 e. The standard InChI is InChI=1S/C17H16BrFN4O2S/c1-3-25-17(24)13-11(8-18)22-15(16-20-6-7-26-16)23-14(13)10-4-5-12(19)21-9(10)2/h4-7,14H,3,8H2,1-2H3,(H,22,23)/t14-/m1/s1. The predicted molar refractivity (Wildman–Crippen MR) is 101 cm³/mol. The van der Waals surface area contributed by atoms with Crippen LogP contribution in [0.5, 0.6) is 0 Å². The summed E-state index contributed by atoms with van der Waals surface area (Å²) in [6.45, 7) is 3.68. The molecule has 1 N–H and O–H groups in total. The lowest BCUT2D eigenvalue weighted by Crippen LogP contribution is -2.34. The van der Waals surface area contributed by atoms with Crippen LogP contribution in [0, 0.1) is 12.9 Å². The summed E-state index contributed by atoms with van der Waals surface area (Å²) in [4.78, 5) is 25.4. The number of aliphatic imine (C=N–C) groups is 1. The number of carbonyl (C=O) groups is 1. The Morgan fingerprint density at radius 1 is 1.46 bits per heavy atom. The van der Waals surface area contributed by atoms with Gasteiger partial charge in [0.05, 0.1) is 12.2 Å². The SMILES string of the molecule is CCOC(=O)C1=C(CBr)NC(c2nccs2)=N[C@@H]1c1ccc(F)nc1C. The predicted octanol–water partition coefficient (Wildman–Crippen LogP) is 3.29. The molecule has 0 fully saturated rings. The molecule has 9 heteroatoms. The normalized spacial score (nSPS) is 16.9. The summed E-state index contributed by atoms with van der Waals surface area (Å²) in [5, 5.41) is 6.10. The zero-order valence-corrected chi connectivity index (χ0v) is 16.5. The van der Waals surface area contributed by atoms with Gasteiger partial charge in [-0.05, 0) is 19.9 Å². The second kappa shape index (κ2) is 8.05. The molecular weight excluding hydrogens is 423 g/mol. The number of thiazole rings is 1. The van der Waals surface area contributed by atoms with Crippen molar-refractivity contribution in [3.05, 3.63) is 57.2 Å². The molecule has 2 aromatic rings. The summed E-state index contributed by atoms with van der Waals surface area (Å²) in [7, 11) is 0. The maximum absolute atomic E-state index is 13.5. The molecule has 0 unspecified atom stereocenters. The van der Waals surface area contributed by atoms with Crippen molar-refractivity contribution in [3.63, 3.8) is 0 Å². The Balaban J connectivity index is 2.15. The van der Waals surface area contributed by atoms with E-state index in [9.17, 15) is 9.18 Å². The number of allylic oxidation sites excluding steroid dienone is 1. The molecule has 1 aliphatic heterocycles. The third-order valence-electron chi connectivity index (χ3n) is 3.78. The Hall–Kier alpha value is -2.13. The molecule has 136 valence electrons. The zero-order chi connectivity index (χ0) is 18.7. The van der Waals surface area contributed by atoms with Gasteiger partial charge in [0.15, 0.2) is 10.8 Å². The molecule has 0 saturated carbocycles. The Morgan fingerprint density at radius 2 is 2.27 bits per heavy atom. The van der Waals surface area contributed by atoms with E-state index in [2.05, 4.69) is 36.2 Å². The van der Waals surface area contributed by atoms with Crippen molar-refractivity contribution in [3.8, 4) is 0 Å². The monoisotopic (exact) mass is 438 g/mol. The van der Waals surface area contributed by atoms with Gasteiger partial charge in [-0.2, -0.15) is 4.39 Å². The number of nitrogens with zero attached hydrogens (tertiary/aromatic N) is 3. The number of alkyl halides is 1. The second-order valence-electron chi connectivity index (χ2n) is 5.40. The van der Waals surface area contributed by atoms with Crippen molar-refractivity contribution < 1.29 is 13.9 Å². The first kappa shape index (κ1) is 18.7. The van der Waals surface area contributed by atoms with E-state index in [4.69, 9.17) is 4.74 Å². The summed E-state index contributed by atoms with van der Waals surface area (Å²) < 4.78 is 18.7. The van der Waals surface area contributed by atoms with E-state index in [0.717, 1.165) is 0 Å². The molecule has 26 heavy (non-hydrogen) atoms. The minimum atomic E-state index is -0.658. The summed E-state index contributed by atoms with van der Waals surface area (Å²) in [5.74, 6) is -0.493. The quantitative estimate of drug-likeness (QED) is 0.440. The molecule has 2 aromatic heterocycles. The van der Waals surface area contributed by atoms with E-state index in [1.165, 1.54) is 17.4 Å². The van der Waals surface area contributed by atoms with Gasteiger partial charge in [0.1, 0.15) is 6.04 Å². The van der Waals surface area contributed by atoms with Gasteiger partial charge < -0.3 is 10.1 Å². The lowest BCUT2D eigenvalue weighted by Gasteiger charge is -2.26. The van der Waals surface area contributed by atoms with E-state index in [1.807, 2.05) is 5.38 Å². The van der Waals surface area contributed by atoms with Gasteiger partial charge in [0.25, 0.3) is 0 Å². The van der Waals surface area contributed by atoms with Crippen molar-refractivity contribution in [2.24, 2.45) is 4.99 Å². The van der Waals surface area contributed by atoms with Crippen molar-refractivity contribution in [2.45, 2.75) is 19.9 Å². The Bertz CT molecular complexity index is 883. The van der Waals surface area contributed by atoms with Gasteiger partial charge in [0, 0.05) is 33.9 Å². The lowest BCUT2D eigenvalue weighted by molar-refractivity contribution is -0.138. The molecule has 6 nitrogen and oxygen atoms in total. The number of aryl methyl sites for hydroxylation is 1. The first-order chi connectivity index (χ1) is 12.5. The fraction of sp³-hybridized carbons (Fsp3) is 0.294. The Labute approximate surface area is 162 Å². The number of nitrogens with one attached hydrogen (secondary N) is 1. The van der Waals surface area contributed by atoms with Crippen LogP contribution in [-0.4, -0.2) is 33.7 Å². The Kier molecular flexibility index (Phi) is 5.77. The highest BCUT2D eigenvalue weighted by molar-refractivity contribution is 9.09. The van der Waals surface area contributed by atoms with E-state index < -0.39 is 18.0 Å². The van der Waals surface area contributed by atoms with Crippen molar-refractivity contribution in [1.29, 1.82) is 0 Å². The maximum Gasteiger partial charge on any atom is 0.338 e. The van der Waals surface area contributed by atoms with Gasteiger partial charge in [-0.3, -0.25) is 4.99 Å². The van der Waals surface area contributed by atoms with Crippen LogP contribution in [0.2, 0.25) is 0 Å². The molecule has 0 amide bonds. The minimum absolute atomic E-state index is 0.244. The molecule has 3 rings (SSSR count). The third kappa shape index (κ3) is 3.68. The van der Waals surface area contributed by atoms with Gasteiger partial charge in [-0.25, -0.2) is 14.8 Å². The highest BCUT2D eigenvalue weighted by Crippen LogP contribution is 2.34. The first-order valence-electron chi connectivity index (χ1n) is 7.89. The summed E-state index contributed by atoms with van der Waals surface area (Å²) in [6, 6.07) is 2.20. The molecule has 0 spiro atoms. The molecule has 0 aromatic carbocycles. The maximum atomic E-state index is 13.5. The highest BCUT2D eigenvalue weighted by Gasteiger charge is 2.33. The van der Waals surface area contributed by atoms with Crippen molar-refractivity contribution in [1.82, 2.24) is 15.3 Å². The van der Waals surface area contributed by atoms with Crippen LogP contribution in [0.1, 0.15) is 29.2 Å². The number of esters is 1. The molecule has 3 heterocycles. The average molecular weight is 439 g/mol. The molecule has 0 aliphatic carbocycles. The van der Waals surface area contributed by atoms with Crippen molar-refractivity contribution >= 4 is 39.1 Å². The number of rotatable bonds is 5. The number of carbonyl (C=O) groups excluding carboxylic acids is 1. The lowest BCUT2D eigenvalue weighted by atomic mass is 9.95. The van der Waals surface area contributed by atoms with Gasteiger partial charge in [0.2, 0.25) is 5.95 Å². The number of amidine groups is 1. The number of hydrogen-bond acceptors (Lipinski definition) is 7. The zero-order valence-electron chi connectivity index (χ0n) is 14.1. The molecular formula is C17H16BrFN4O2S. The summed E-state index contributed by atoms with van der Waals surface area (Å²) in [6.07, 6.45) is 1.68. The van der Waals surface area contributed by atoms with Gasteiger partial charge in [-0.1, -0.05) is 22.0 Å². The van der Waals surface area contributed by atoms with Crippen LogP contribution in [-0.2, 0) is 9.53 Å². The number of hydrogen-bond donors (Lipinski definition) is 1. The van der Waals surface area contributed by atoms with Gasteiger partial charge >= 0.3 is 5.97 Å².